The quantitative estimate of drug-likeness (QED) is 0.804. The second-order valence-electron chi connectivity index (χ2n) is 4.59. The maximum absolute atomic E-state index is 4.32. The van der Waals surface area contributed by atoms with Gasteiger partial charge in [-0.2, -0.15) is 5.10 Å². The lowest BCUT2D eigenvalue weighted by Crippen LogP contribution is -2.40. The monoisotopic (exact) mass is 210 g/mol. The average Bonchev–Trinajstić information content (AvgIpc) is 2.45. The summed E-state index contributed by atoms with van der Waals surface area (Å²) in [5.41, 5.74) is 0.212. The predicted molar refractivity (Wildman–Crippen MR) is 61.9 cm³/mol. The first kappa shape index (κ1) is 12.2. The first-order valence-electron chi connectivity index (χ1n) is 5.57. The van der Waals surface area contributed by atoms with Crippen LogP contribution in [0.1, 0.15) is 38.8 Å². The summed E-state index contributed by atoms with van der Waals surface area (Å²) in [6.45, 7) is 12.4. The first-order chi connectivity index (χ1) is 6.94. The highest BCUT2D eigenvalue weighted by Crippen LogP contribution is 2.06. The van der Waals surface area contributed by atoms with E-state index in [9.17, 15) is 0 Å². The predicted octanol–water partition coefficient (Wildman–Crippen LogP) is 1.67. The molecule has 4 nitrogen and oxygen atoms in total. The number of rotatable bonds is 5. The molecule has 0 aliphatic rings. The molecule has 0 atom stereocenters. The third-order valence-electron chi connectivity index (χ3n) is 2.77. The van der Waals surface area contributed by atoms with Crippen molar-refractivity contribution >= 4 is 0 Å². The molecule has 1 N–H and O–H groups in total. The molecule has 0 aliphatic heterocycles. The number of nitrogens with zero attached hydrogens (tertiary/aromatic N) is 3. The Morgan fingerprint density at radius 3 is 2.47 bits per heavy atom. The molecular weight excluding hydrogens is 188 g/mol. The minimum absolute atomic E-state index is 0.212. The topological polar surface area (TPSA) is 42.7 Å². The summed E-state index contributed by atoms with van der Waals surface area (Å²) < 4.78 is 1.95. The summed E-state index contributed by atoms with van der Waals surface area (Å²) in [7, 11) is 0. The highest BCUT2D eigenvalue weighted by molar-refractivity contribution is 4.87. The van der Waals surface area contributed by atoms with Crippen LogP contribution < -0.4 is 5.32 Å². The van der Waals surface area contributed by atoms with Crippen molar-refractivity contribution in [2.45, 2.75) is 53.1 Å². The molecule has 0 unspecified atom stereocenters. The molecule has 0 fully saturated rings. The first-order valence-corrected chi connectivity index (χ1v) is 5.57. The highest BCUT2D eigenvalue weighted by Gasteiger charge is 2.13. The number of hydrogen-bond acceptors (Lipinski definition) is 3. The summed E-state index contributed by atoms with van der Waals surface area (Å²) in [6.07, 6.45) is 1.13. The van der Waals surface area contributed by atoms with Crippen molar-refractivity contribution in [1.82, 2.24) is 20.1 Å². The normalized spacial score (nSPS) is 12.1. The highest BCUT2D eigenvalue weighted by atomic mass is 15.3. The van der Waals surface area contributed by atoms with Crippen LogP contribution in [0.4, 0.5) is 0 Å². The third-order valence-corrected chi connectivity index (χ3v) is 2.77. The number of nitrogens with one attached hydrogen (secondary N) is 1. The van der Waals surface area contributed by atoms with Gasteiger partial charge in [-0.25, -0.2) is 9.67 Å². The number of aromatic nitrogens is 3. The largest absolute Gasteiger partial charge is 0.310 e. The van der Waals surface area contributed by atoms with Gasteiger partial charge in [0.1, 0.15) is 11.6 Å². The molecule has 0 aliphatic carbocycles. The van der Waals surface area contributed by atoms with Crippen LogP contribution in [0.2, 0.25) is 0 Å². The Kier molecular flexibility index (Phi) is 3.85. The zero-order valence-electron chi connectivity index (χ0n) is 10.5. The smallest absolute Gasteiger partial charge is 0.147 e. The van der Waals surface area contributed by atoms with Gasteiger partial charge in [0.25, 0.3) is 0 Å². The van der Waals surface area contributed by atoms with Crippen molar-refractivity contribution in [2.24, 2.45) is 0 Å². The van der Waals surface area contributed by atoms with Crippen molar-refractivity contribution in [3.63, 3.8) is 0 Å². The van der Waals surface area contributed by atoms with Gasteiger partial charge in [-0.15, -0.1) is 0 Å². The lowest BCUT2D eigenvalue weighted by atomic mass is 10.0. The fraction of sp³-hybridized carbons (Fsp3) is 0.818. The molecule has 0 spiro atoms. The van der Waals surface area contributed by atoms with E-state index in [4.69, 9.17) is 0 Å². The van der Waals surface area contributed by atoms with Crippen LogP contribution in [-0.4, -0.2) is 26.8 Å². The zero-order valence-corrected chi connectivity index (χ0v) is 10.5. The third kappa shape index (κ3) is 3.63. The maximum Gasteiger partial charge on any atom is 0.147 e. The molecular formula is C11H22N4. The summed E-state index contributed by atoms with van der Waals surface area (Å²) in [4.78, 5) is 4.27. The van der Waals surface area contributed by atoms with Gasteiger partial charge in [-0.1, -0.05) is 6.92 Å². The van der Waals surface area contributed by atoms with Crippen LogP contribution in [0.25, 0.3) is 0 Å². The molecule has 1 heterocycles. The molecule has 0 bridgehead atoms. The number of aryl methyl sites for hydroxylation is 2. The van der Waals surface area contributed by atoms with Crippen LogP contribution in [0.5, 0.6) is 0 Å². The Bertz CT molecular complexity index is 314. The minimum Gasteiger partial charge on any atom is -0.310 e. The van der Waals surface area contributed by atoms with Gasteiger partial charge in [-0.3, -0.25) is 0 Å². The minimum atomic E-state index is 0.212. The summed E-state index contributed by atoms with van der Waals surface area (Å²) >= 11 is 0. The van der Waals surface area contributed by atoms with E-state index < -0.39 is 0 Å². The van der Waals surface area contributed by atoms with Gasteiger partial charge in [0, 0.05) is 12.1 Å². The van der Waals surface area contributed by atoms with Crippen LogP contribution >= 0.6 is 0 Å². The van der Waals surface area contributed by atoms with E-state index in [0.717, 1.165) is 31.2 Å². The van der Waals surface area contributed by atoms with Crippen LogP contribution in [-0.2, 0) is 6.54 Å². The van der Waals surface area contributed by atoms with E-state index in [0.29, 0.717) is 0 Å². The number of hydrogen-bond donors (Lipinski definition) is 1. The van der Waals surface area contributed by atoms with Crippen molar-refractivity contribution < 1.29 is 0 Å². The zero-order chi connectivity index (χ0) is 11.5. The summed E-state index contributed by atoms with van der Waals surface area (Å²) in [6, 6.07) is 0. The molecule has 1 aromatic heterocycles. The Labute approximate surface area is 92.1 Å². The van der Waals surface area contributed by atoms with E-state index in [2.05, 4.69) is 36.2 Å². The van der Waals surface area contributed by atoms with Gasteiger partial charge in [-0.05, 0) is 34.1 Å². The molecule has 0 saturated carbocycles. The second kappa shape index (κ2) is 4.75. The lowest BCUT2D eigenvalue weighted by molar-refractivity contribution is 0.362. The Hall–Kier alpha value is -0.900. The molecule has 86 valence electrons. The average molecular weight is 210 g/mol. The standard InChI is InChI=1S/C11H22N4/c1-6-11(4,5)12-7-8-15-10(3)13-9(2)14-15/h12H,6-8H2,1-5H3. The van der Waals surface area contributed by atoms with E-state index in [1.54, 1.807) is 0 Å². The molecule has 15 heavy (non-hydrogen) atoms. The Morgan fingerprint density at radius 1 is 1.33 bits per heavy atom. The van der Waals surface area contributed by atoms with Gasteiger partial charge >= 0.3 is 0 Å². The van der Waals surface area contributed by atoms with Gasteiger partial charge in [0.2, 0.25) is 0 Å². The fourth-order valence-corrected chi connectivity index (χ4v) is 1.40. The summed E-state index contributed by atoms with van der Waals surface area (Å²) in [5.74, 6) is 1.84. The van der Waals surface area contributed by atoms with Crippen molar-refractivity contribution in [2.75, 3.05) is 6.54 Å². The van der Waals surface area contributed by atoms with Crippen LogP contribution in [0.15, 0.2) is 0 Å². The molecule has 0 radical (unpaired) electrons. The van der Waals surface area contributed by atoms with Crippen LogP contribution in [0, 0.1) is 13.8 Å². The van der Waals surface area contributed by atoms with Crippen molar-refractivity contribution in [3.8, 4) is 0 Å². The summed E-state index contributed by atoms with van der Waals surface area (Å²) in [5, 5.41) is 7.83. The van der Waals surface area contributed by atoms with Gasteiger partial charge in [0.15, 0.2) is 0 Å². The molecule has 1 aromatic rings. The van der Waals surface area contributed by atoms with Gasteiger partial charge in [0.05, 0.1) is 6.54 Å². The van der Waals surface area contributed by atoms with E-state index in [1.165, 1.54) is 0 Å². The Morgan fingerprint density at radius 2 is 2.00 bits per heavy atom. The van der Waals surface area contributed by atoms with Crippen LogP contribution in [0.3, 0.4) is 0 Å². The van der Waals surface area contributed by atoms with E-state index in [-0.39, 0.29) is 5.54 Å². The lowest BCUT2D eigenvalue weighted by Gasteiger charge is -2.24. The Balaban J connectivity index is 2.41. The van der Waals surface area contributed by atoms with Crippen molar-refractivity contribution in [3.05, 3.63) is 11.6 Å². The van der Waals surface area contributed by atoms with Gasteiger partial charge < -0.3 is 5.32 Å². The SMILES string of the molecule is CCC(C)(C)NCCn1nc(C)nc1C. The van der Waals surface area contributed by atoms with Crippen molar-refractivity contribution in [1.29, 1.82) is 0 Å². The maximum atomic E-state index is 4.32. The molecule has 4 heteroatoms. The molecule has 0 amide bonds. The molecule has 1 rings (SSSR count). The molecule has 0 aromatic carbocycles. The van der Waals surface area contributed by atoms with E-state index in [1.807, 2.05) is 18.5 Å². The van der Waals surface area contributed by atoms with E-state index >= 15 is 0 Å². The molecule has 0 saturated heterocycles. The second-order valence-corrected chi connectivity index (χ2v) is 4.59. The fourth-order valence-electron chi connectivity index (χ4n) is 1.40.